The standard InChI is InChI=1S/C14H29N3O3S/c1-16-9-5-13(6-10-16)4-7-15-21(19,20)17-8-2-3-14(11-17)12-18/h13-15,18H,2-12H2,1H3. The third-order valence-electron chi connectivity index (χ3n) is 4.76. The Morgan fingerprint density at radius 3 is 2.52 bits per heavy atom. The monoisotopic (exact) mass is 319 g/mol. The first kappa shape index (κ1) is 17.1. The molecule has 1 unspecified atom stereocenters. The number of aliphatic hydroxyl groups excluding tert-OH is 1. The van der Waals surface area contributed by atoms with Crippen molar-refractivity contribution in [2.45, 2.75) is 32.1 Å². The lowest BCUT2D eigenvalue weighted by Gasteiger charge is -2.31. The molecule has 0 bridgehead atoms. The molecular weight excluding hydrogens is 290 g/mol. The van der Waals surface area contributed by atoms with E-state index in [9.17, 15) is 13.5 Å². The summed E-state index contributed by atoms with van der Waals surface area (Å²) in [5.41, 5.74) is 0. The summed E-state index contributed by atoms with van der Waals surface area (Å²) < 4.78 is 28.8. The van der Waals surface area contributed by atoms with Gasteiger partial charge < -0.3 is 10.0 Å². The molecule has 6 nitrogen and oxygen atoms in total. The topological polar surface area (TPSA) is 72.9 Å². The Morgan fingerprint density at radius 2 is 1.86 bits per heavy atom. The average Bonchev–Trinajstić information content (AvgIpc) is 2.49. The van der Waals surface area contributed by atoms with Crippen molar-refractivity contribution < 1.29 is 13.5 Å². The summed E-state index contributed by atoms with van der Waals surface area (Å²) in [6, 6.07) is 0. The predicted octanol–water partition coefficient (Wildman–Crippen LogP) is 0.257. The molecule has 1 atom stereocenters. The Morgan fingerprint density at radius 1 is 1.14 bits per heavy atom. The van der Waals surface area contributed by atoms with Crippen LogP contribution >= 0.6 is 0 Å². The molecule has 2 saturated heterocycles. The van der Waals surface area contributed by atoms with E-state index in [2.05, 4.69) is 16.7 Å². The van der Waals surface area contributed by atoms with E-state index in [1.807, 2.05) is 0 Å². The Bertz CT molecular complexity index is 408. The summed E-state index contributed by atoms with van der Waals surface area (Å²) in [6.45, 7) is 3.84. The highest BCUT2D eigenvalue weighted by Crippen LogP contribution is 2.20. The Kier molecular flexibility index (Phi) is 6.43. The summed E-state index contributed by atoms with van der Waals surface area (Å²) in [6.07, 6.45) is 4.99. The van der Waals surface area contributed by atoms with Crippen molar-refractivity contribution >= 4 is 10.2 Å². The fourth-order valence-corrected chi connectivity index (χ4v) is 4.56. The van der Waals surface area contributed by atoms with Gasteiger partial charge in [-0.15, -0.1) is 0 Å². The van der Waals surface area contributed by atoms with Crippen molar-refractivity contribution in [1.82, 2.24) is 13.9 Å². The number of nitrogens with one attached hydrogen (secondary N) is 1. The molecule has 2 aliphatic heterocycles. The van der Waals surface area contributed by atoms with E-state index >= 15 is 0 Å². The number of piperidine rings is 2. The van der Waals surface area contributed by atoms with Gasteiger partial charge in [-0.05, 0) is 64.1 Å². The molecule has 7 heteroatoms. The minimum atomic E-state index is -3.38. The Hall–Kier alpha value is -0.210. The van der Waals surface area contributed by atoms with E-state index in [-0.39, 0.29) is 12.5 Å². The molecule has 0 aromatic carbocycles. The average molecular weight is 319 g/mol. The van der Waals surface area contributed by atoms with Crippen LogP contribution in [0.3, 0.4) is 0 Å². The van der Waals surface area contributed by atoms with E-state index in [0.717, 1.165) is 45.2 Å². The van der Waals surface area contributed by atoms with Crippen LogP contribution in [0.4, 0.5) is 0 Å². The molecule has 0 amide bonds. The van der Waals surface area contributed by atoms with Gasteiger partial charge in [0.2, 0.25) is 0 Å². The van der Waals surface area contributed by atoms with Crippen molar-refractivity contribution in [2.24, 2.45) is 11.8 Å². The van der Waals surface area contributed by atoms with E-state index in [4.69, 9.17) is 0 Å². The first-order chi connectivity index (χ1) is 10.0. The van der Waals surface area contributed by atoms with Gasteiger partial charge in [0, 0.05) is 26.2 Å². The van der Waals surface area contributed by atoms with Crippen molar-refractivity contribution in [3.8, 4) is 0 Å². The van der Waals surface area contributed by atoms with Gasteiger partial charge >= 0.3 is 0 Å². The van der Waals surface area contributed by atoms with Gasteiger partial charge in [0.05, 0.1) is 0 Å². The SMILES string of the molecule is CN1CCC(CCNS(=O)(=O)N2CCCC(CO)C2)CC1. The van der Waals surface area contributed by atoms with Crippen LogP contribution in [0.1, 0.15) is 32.1 Å². The maximum atomic E-state index is 12.3. The van der Waals surface area contributed by atoms with Crippen molar-refractivity contribution in [3.05, 3.63) is 0 Å². The zero-order chi connectivity index (χ0) is 15.3. The second kappa shape index (κ2) is 7.87. The maximum Gasteiger partial charge on any atom is 0.279 e. The minimum absolute atomic E-state index is 0.0710. The fraction of sp³-hybridized carbons (Fsp3) is 1.00. The number of likely N-dealkylation sites (tertiary alicyclic amines) is 1. The third kappa shape index (κ3) is 5.17. The van der Waals surface area contributed by atoms with Gasteiger partial charge in [0.1, 0.15) is 0 Å². The summed E-state index contributed by atoms with van der Waals surface area (Å²) in [5.74, 6) is 0.722. The molecule has 2 fully saturated rings. The van der Waals surface area contributed by atoms with Crippen LogP contribution in [-0.4, -0.2) is 69.1 Å². The molecule has 0 radical (unpaired) electrons. The lowest BCUT2D eigenvalue weighted by Crippen LogP contribution is -2.47. The normalized spacial score (nSPS) is 27.0. The van der Waals surface area contributed by atoms with E-state index < -0.39 is 10.2 Å². The largest absolute Gasteiger partial charge is 0.396 e. The highest BCUT2D eigenvalue weighted by atomic mass is 32.2. The second-order valence-electron chi connectivity index (χ2n) is 6.48. The number of nitrogens with zero attached hydrogens (tertiary/aromatic N) is 2. The fourth-order valence-electron chi connectivity index (χ4n) is 3.23. The summed E-state index contributed by atoms with van der Waals surface area (Å²) in [4.78, 5) is 2.32. The molecule has 124 valence electrons. The summed E-state index contributed by atoms with van der Waals surface area (Å²) >= 11 is 0. The molecule has 0 aromatic heterocycles. The zero-order valence-corrected chi connectivity index (χ0v) is 13.8. The molecule has 0 saturated carbocycles. The zero-order valence-electron chi connectivity index (χ0n) is 13.0. The van der Waals surface area contributed by atoms with Gasteiger partial charge in [0.25, 0.3) is 10.2 Å². The molecule has 2 rings (SSSR count). The highest BCUT2D eigenvalue weighted by molar-refractivity contribution is 7.87. The Labute approximate surface area is 128 Å². The van der Waals surface area contributed by atoms with Crippen LogP contribution < -0.4 is 4.72 Å². The van der Waals surface area contributed by atoms with Crippen LogP contribution in [0.5, 0.6) is 0 Å². The first-order valence-electron chi connectivity index (χ1n) is 8.05. The van der Waals surface area contributed by atoms with Crippen LogP contribution in [0.25, 0.3) is 0 Å². The number of aliphatic hydroxyl groups is 1. The highest BCUT2D eigenvalue weighted by Gasteiger charge is 2.28. The number of hydrogen-bond donors (Lipinski definition) is 2. The predicted molar refractivity (Wildman–Crippen MR) is 83.1 cm³/mol. The molecule has 0 spiro atoms. The number of hydrogen-bond acceptors (Lipinski definition) is 4. The van der Waals surface area contributed by atoms with Crippen LogP contribution in [-0.2, 0) is 10.2 Å². The quantitative estimate of drug-likeness (QED) is 0.736. The van der Waals surface area contributed by atoms with Crippen molar-refractivity contribution in [1.29, 1.82) is 0 Å². The van der Waals surface area contributed by atoms with E-state index in [1.54, 1.807) is 0 Å². The first-order valence-corrected chi connectivity index (χ1v) is 9.49. The third-order valence-corrected chi connectivity index (χ3v) is 6.34. The lowest BCUT2D eigenvalue weighted by molar-refractivity contribution is 0.164. The van der Waals surface area contributed by atoms with Gasteiger partial charge in [-0.1, -0.05) is 0 Å². The van der Waals surface area contributed by atoms with Crippen molar-refractivity contribution in [3.63, 3.8) is 0 Å². The molecular formula is C14H29N3O3S. The van der Waals surface area contributed by atoms with Gasteiger partial charge in [-0.2, -0.15) is 12.7 Å². The summed E-state index contributed by atoms with van der Waals surface area (Å²) in [5, 5.41) is 9.20. The van der Waals surface area contributed by atoms with Crippen LogP contribution in [0, 0.1) is 11.8 Å². The van der Waals surface area contributed by atoms with Gasteiger partial charge in [-0.25, -0.2) is 4.72 Å². The van der Waals surface area contributed by atoms with Gasteiger partial charge in [-0.3, -0.25) is 0 Å². The number of rotatable bonds is 6. The lowest BCUT2D eigenvalue weighted by atomic mass is 9.94. The Balaban J connectivity index is 1.73. The molecule has 21 heavy (non-hydrogen) atoms. The minimum Gasteiger partial charge on any atom is -0.396 e. The second-order valence-corrected chi connectivity index (χ2v) is 8.24. The van der Waals surface area contributed by atoms with Gasteiger partial charge in [0.15, 0.2) is 0 Å². The molecule has 2 N–H and O–H groups in total. The molecule has 0 aromatic rings. The smallest absolute Gasteiger partial charge is 0.279 e. The van der Waals surface area contributed by atoms with Crippen LogP contribution in [0.2, 0.25) is 0 Å². The van der Waals surface area contributed by atoms with E-state index in [0.29, 0.717) is 25.6 Å². The maximum absolute atomic E-state index is 12.3. The van der Waals surface area contributed by atoms with Crippen LogP contribution in [0.15, 0.2) is 0 Å². The molecule has 0 aliphatic carbocycles. The van der Waals surface area contributed by atoms with E-state index in [1.165, 1.54) is 4.31 Å². The summed E-state index contributed by atoms with van der Waals surface area (Å²) in [7, 11) is -1.24. The van der Waals surface area contributed by atoms with Crippen molar-refractivity contribution in [2.75, 3.05) is 46.4 Å². The molecule has 2 heterocycles. The molecule has 2 aliphatic rings.